The molecule has 0 heterocycles. The van der Waals surface area contributed by atoms with Crippen LogP contribution in [0.2, 0.25) is 0 Å². The van der Waals surface area contributed by atoms with Gasteiger partial charge in [-0.15, -0.1) is 0 Å². The molecule has 3 atom stereocenters. The van der Waals surface area contributed by atoms with E-state index in [0.717, 1.165) is 28.6 Å². The molecule has 2 saturated carbocycles. The van der Waals surface area contributed by atoms with E-state index in [-0.39, 0.29) is 0 Å². The summed E-state index contributed by atoms with van der Waals surface area (Å²) in [6.07, 6.45) is 4.46. The summed E-state index contributed by atoms with van der Waals surface area (Å²) in [5.41, 5.74) is 1.60. The van der Waals surface area contributed by atoms with Crippen LogP contribution in [0.4, 0.5) is 0 Å². The second-order valence-corrected chi connectivity index (χ2v) is 6.06. The molecule has 0 aliphatic heterocycles. The van der Waals surface area contributed by atoms with E-state index in [1.54, 1.807) is 6.42 Å². The van der Waals surface area contributed by atoms with E-state index in [1.807, 2.05) is 0 Å². The summed E-state index contributed by atoms with van der Waals surface area (Å²) in [6.45, 7) is 12.0. The highest BCUT2D eigenvalue weighted by molar-refractivity contribution is 5.34. The first kappa shape index (κ1) is 9.55. The van der Waals surface area contributed by atoms with E-state index in [9.17, 15) is 0 Å². The normalized spacial score (nSPS) is 46.8. The lowest BCUT2D eigenvalue weighted by Crippen LogP contribution is -2.23. The Morgan fingerprint density at radius 3 is 2.08 bits per heavy atom. The van der Waals surface area contributed by atoms with Crippen LogP contribution >= 0.6 is 0 Å². The van der Waals surface area contributed by atoms with Crippen LogP contribution < -0.4 is 0 Å². The molecule has 2 aliphatic rings. The second-order valence-electron chi connectivity index (χ2n) is 6.06. The molecule has 2 aliphatic carbocycles. The molecular weight excluding hydrogens is 156 g/mol. The van der Waals surface area contributed by atoms with Crippen LogP contribution in [0.25, 0.3) is 0 Å². The molecule has 0 bridgehead atoms. The van der Waals surface area contributed by atoms with Gasteiger partial charge in [-0.25, -0.2) is 0 Å². The lowest BCUT2D eigenvalue weighted by molar-refractivity contribution is 0.180. The van der Waals surface area contributed by atoms with Gasteiger partial charge in [0, 0.05) is 0 Å². The fraction of sp³-hybridized carbons (Fsp3) is 1.00. The zero-order valence-electron chi connectivity index (χ0n) is 9.85. The van der Waals surface area contributed by atoms with E-state index in [0.29, 0.717) is 0 Å². The van der Waals surface area contributed by atoms with Crippen LogP contribution in [0.3, 0.4) is 0 Å². The van der Waals surface area contributed by atoms with Crippen molar-refractivity contribution in [2.75, 3.05) is 0 Å². The largest absolute Gasteiger partial charge is 0.0648 e. The molecule has 0 heteroatoms. The lowest BCUT2D eigenvalue weighted by Gasteiger charge is -2.31. The average molecular weight is 180 g/mol. The zero-order valence-corrected chi connectivity index (χ0v) is 9.85. The van der Waals surface area contributed by atoms with E-state index in [2.05, 4.69) is 34.6 Å². The predicted octanol–water partition coefficient (Wildman–Crippen LogP) is 4.10. The van der Waals surface area contributed by atoms with Gasteiger partial charge < -0.3 is 0 Å². The van der Waals surface area contributed by atoms with E-state index in [4.69, 9.17) is 0 Å². The Morgan fingerprint density at radius 2 is 1.85 bits per heavy atom. The van der Waals surface area contributed by atoms with Crippen LogP contribution in [-0.2, 0) is 0 Å². The van der Waals surface area contributed by atoms with Crippen molar-refractivity contribution in [1.29, 1.82) is 0 Å². The van der Waals surface area contributed by atoms with Gasteiger partial charge in [-0.05, 0) is 47.8 Å². The first-order valence-corrected chi connectivity index (χ1v) is 6.01. The van der Waals surface area contributed by atoms with Gasteiger partial charge in [-0.3, -0.25) is 0 Å². The van der Waals surface area contributed by atoms with E-state index in [1.165, 1.54) is 12.8 Å². The lowest BCUT2D eigenvalue weighted by atomic mass is 9.74. The first-order chi connectivity index (χ1) is 6.01. The minimum Gasteiger partial charge on any atom is -0.0648 e. The van der Waals surface area contributed by atoms with Crippen LogP contribution in [0.1, 0.15) is 53.9 Å². The van der Waals surface area contributed by atoms with Gasteiger partial charge in [0.05, 0.1) is 0 Å². The Kier molecular flexibility index (Phi) is 1.85. The zero-order chi connectivity index (χ0) is 9.85. The Labute approximate surface area is 83.1 Å². The molecule has 0 saturated heterocycles. The van der Waals surface area contributed by atoms with Gasteiger partial charge in [0.1, 0.15) is 0 Å². The van der Waals surface area contributed by atoms with Crippen LogP contribution in [0, 0.1) is 28.6 Å². The second kappa shape index (κ2) is 2.52. The summed E-state index contributed by atoms with van der Waals surface area (Å²) in [4.78, 5) is 0. The number of rotatable bonds is 4. The number of hydrogen-bond donors (Lipinski definition) is 0. The number of fused-ring (bicyclic) bond motifs is 1. The molecule has 0 aromatic rings. The molecule has 3 unspecified atom stereocenters. The van der Waals surface area contributed by atoms with Crippen LogP contribution in [-0.4, -0.2) is 0 Å². The summed E-state index contributed by atoms with van der Waals surface area (Å²) < 4.78 is 0. The summed E-state index contributed by atoms with van der Waals surface area (Å²) in [7, 11) is 0. The van der Waals surface area contributed by atoms with Crippen molar-refractivity contribution < 1.29 is 0 Å². The molecule has 0 nitrogen and oxygen atoms in total. The van der Waals surface area contributed by atoms with E-state index < -0.39 is 0 Å². The maximum absolute atomic E-state index is 2.43. The SMILES string of the molecule is CCC1(C(C)C)C2CC21CC(C)C. The Hall–Kier alpha value is 0. The smallest absolute Gasteiger partial charge is 0.0183 e. The van der Waals surface area contributed by atoms with Crippen molar-refractivity contribution in [1.82, 2.24) is 0 Å². The quantitative estimate of drug-likeness (QED) is 0.611. The molecule has 2 rings (SSSR count). The maximum Gasteiger partial charge on any atom is -0.0183 e. The third-order valence-electron chi connectivity index (χ3n) is 4.93. The molecule has 0 aromatic carbocycles. The molecule has 0 radical (unpaired) electrons. The molecule has 0 N–H and O–H groups in total. The van der Waals surface area contributed by atoms with Gasteiger partial charge in [-0.2, -0.15) is 0 Å². The van der Waals surface area contributed by atoms with Crippen molar-refractivity contribution in [2.24, 2.45) is 28.6 Å². The molecule has 2 fully saturated rings. The molecule has 0 spiro atoms. The fourth-order valence-electron chi connectivity index (χ4n) is 4.47. The fourth-order valence-corrected chi connectivity index (χ4v) is 4.47. The van der Waals surface area contributed by atoms with Gasteiger partial charge in [0.15, 0.2) is 0 Å². The molecule has 0 aromatic heterocycles. The highest BCUT2D eigenvalue weighted by atomic mass is 14.9. The standard InChI is InChI=1S/C13H24/c1-6-13(10(4)5)11-8-12(11,13)7-9(2)3/h9-11H,6-8H2,1-5H3. The highest BCUT2D eigenvalue weighted by Crippen LogP contribution is 2.93. The maximum atomic E-state index is 2.43. The van der Waals surface area contributed by atoms with Crippen molar-refractivity contribution in [2.45, 2.75) is 53.9 Å². The third kappa shape index (κ3) is 0.926. The number of hydrogen-bond acceptors (Lipinski definition) is 0. The summed E-state index contributed by atoms with van der Waals surface area (Å²) in [6, 6.07) is 0. The van der Waals surface area contributed by atoms with Crippen molar-refractivity contribution >= 4 is 0 Å². The van der Waals surface area contributed by atoms with Crippen molar-refractivity contribution in [3.05, 3.63) is 0 Å². The summed E-state index contributed by atoms with van der Waals surface area (Å²) >= 11 is 0. The van der Waals surface area contributed by atoms with Gasteiger partial charge >= 0.3 is 0 Å². The summed E-state index contributed by atoms with van der Waals surface area (Å²) in [5, 5.41) is 0. The minimum atomic E-state index is 0.775. The Morgan fingerprint density at radius 1 is 1.23 bits per heavy atom. The van der Waals surface area contributed by atoms with Gasteiger partial charge in [0.25, 0.3) is 0 Å². The molecule has 76 valence electrons. The third-order valence-corrected chi connectivity index (χ3v) is 4.93. The van der Waals surface area contributed by atoms with Crippen LogP contribution in [0.5, 0.6) is 0 Å². The molecular formula is C13H24. The monoisotopic (exact) mass is 180 g/mol. The molecule has 0 amide bonds. The molecule has 13 heavy (non-hydrogen) atoms. The topological polar surface area (TPSA) is 0 Å². The predicted molar refractivity (Wildman–Crippen MR) is 57.6 cm³/mol. The Bertz CT molecular complexity index is 216. The minimum absolute atomic E-state index is 0.775. The highest BCUT2D eigenvalue weighted by Gasteiger charge is 2.87. The van der Waals surface area contributed by atoms with Gasteiger partial charge in [0.2, 0.25) is 0 Å². The van der Waals surface area contributed by atoms with Crippen molar-refractivity contribution in [3.63, 3.8) is 0 Å². The van der Waals surface area contributed by atoms with E-state index >= 15 is 0 Å². The first-order valence-electron chi connectivity index (χ1n) is 6.01. The van der Waals surface area contributed by atoms with Crippen molar-refractivity contribution in [3.8, 4) is 0 Å². The Balaban J connectivity index is 2.07. The van der Waals surface area contributed by atoms with Gasteiger partial charge in [-0.1, -0.05) is 34.6 Å². The van der Waals surface area contributed by atoms with Crippen LogP contribution in [0.15, 0.2) is 0 Å². The average Bonchev–Trinajstić information content (AvgIpc) is 2.75. The summed E-state index contributed by atoms with van der Waals surface area (Å²) in [5.74, 6) is 2.93.